The number of fused-ring (bicyclic) bond motifs is 2. The van der Waals surface area contributed by atoms with Crippen LogP contribution in [-0.4, -0.2) is 63.9 Å². The van der Waals surface area contributed by atoms with E-state index >= 15 is 0 Å². The second-order valence-corrected chi connectivity index (χ2v) is 10.1. The van der Waals surface area contributed by atoms with Gasteiger partial charge in [0.25, 0.3) is 0 Å². The highest BCUT2D eigenvalue weighted by molar-refractivity contribution is 5.99. The molecule has 8 nitrogen and oxygen atoms in total. The molecule has 2 aromatic carbocycles. The Balaban J connectivity index is 1.17. The van der Waals surface area contributed by atoms with Gasteiger partial charge in [-0.05, 0) is 54.3 Å². The number of aromatic nitrogens is 3. The van der Waals surface area contributed by atoms with Crippen LogP contribution in [-0.2, 0) is 11.3 Å². The van der Waals surface area contributed by atoms with Crippen LogP contribution in [0.2, 0.25) is 0 Å². The van der Waals surface area contributed by atoms with Gasteiger partial charge in [0, 0.05) is 50.2 Å². The number of likely N-dealkylation sites (tertiary alicyclic amines) is 2. The number of benzene rings is 2. The summed E-state index contributed by atoms with van der Waals surface area (Å²) in [5.74, 6) is 2.37. The number of amides is 1. The van der Waals surface area contributed by atoms with Gasteiger partial charge >= 0.3 is 0 Å². The van der Waals surface area contributed by atoms with Crippen molar-refractivity contribution in [2.24, 2.45) is 11.8 Å². The highest BCUT2D eigenvalue weighted by atomic mass is 16.5. The summed E-state index contributed by atoms with van der Waals surface area (Å²) < 4.78 is 6.07. The molecular formula is C29H30N6O2. The Morgan fingerprint density at radius 2 is 1.89 bits per heavy atom. The third-order valence-corrected chi connectivity index (χ3v) is 7.31. The van der Waals surface area contributed by atoms with Crippen molar-refractivity contribution in [3.05, 3.63) is 79.1 Å². The quantitative estimate of drug-likeness (QED) is 0.367. The lowest BCUT2D eigenvalue weighted by atomic mass is 10.0. The van der Waals surface area contributed by atoms with Crippen molar-refractivity contribution >= 4 is 22.6 Å². The van der Waals surface area contributed by atoms with Crippen molar-refractivity contribution in [1.82, 2.24) is 24.8 Å². The maximum atomic E-state index is 11.6. The van der Waals surface area contributed by atoms with Crippen molar-refractivity contribution in [2.45, 2.75) is 6.54 Å². The molecule has 2 unspecified atom stereocenters. The lowest BCUT2D eigenvalue weighted by Gasteiger charge is -2.19. The minimum atomic E-state index is -0.279. The smallest absolute Gasteiger partial charge is 0.247 e. The molecule has 2 N–H and O–H groups in total. The van der Waals surface area contributed by atoms with E-state index in [0.717, 1.165) is 35.0 Å². The molecule has 0 spiro atoms. The van der Waals surface area contributed by atoms with Crippen LogP contribution in [0.1, 0.15) is 5.56 Å². The summed E-state index contributed by atoms with van der Waals surface area (Å²) in [4.78, 5) is 28.8. The number of H-pyrrole nitrogens is 1. The number of carbonyl (C=O) groups is 1. The molecule has 8 heteroatoms. The molecule has 1 amide bonds. The monoisotopic (exact) mass is 494 g/mol. The lowest BCUT2D eigenvalue weighted by molar-refractivity contribution is -0.111. The molecule has 0 aliphatic carbocycles. The van der Waals surface area contributed by atoms with Crippen LogP contribution >= 0.6 is 0 Å². The van der Waals surface area contributed by atoms with E-state index in [0.29, 0.717) is 23.0 Å². The van der Waals surface area contributed by atoms with E-state index in [2.05, 4.69) is 68.0 Å². The molecule has 4 heterocycles. The fourth-order valence-electron chi connectivity index (χ4n) is 5.60. The van der Waals surface area contributed by atoms with Crippen LogP contribution in [0.3, 0.4) is 0 Å². The number of ether oxygens (including phenoxy) is 1. The number of nitrogens with one attached hydrogen (secondary N) is 2. The van der Waals surface area contributed by atoms with Gasteiger partial charge in [0.2, 0.25) is 11.8 Å². The Morgan fingerprint density at radius 1 is 1.11 bits per heavy atom. The zero-order valence-corrected chi connectivity index (χ0v) is 20.9. The Bertz CT molecular complexity index is 1430. The first-order chi connectivity index (χ1) is 18.0. The Labute approximate surface area is 216 Å². The number of anilines is 1. The fourth-order valence-corrected chi connectivity index (χ4v) is 5.60. The first kappa shape index (κ1) is 23.4. The molecule has 0 saturated carbocycles. The largest absolute Gasteiger partial charge is 0.438 e. The highest BCUT2D eigenvalue weighted by Crippen LogP contribution is 2.33. The molecule has 37 heavy (non-hydrogen) atoms. The van der Waals surface area contributed by atoms with Gasteiger partial charge in [0.1, 0.15) is 17.7 Å². The van der Waals surface area contributed by atoms with Crippen LogP contribution in [0.15, 0.2) is 73.6 Å². The van der Waals surface area contributed by atoms with Crippen molar-refractivity contribution in [3.63, 3.8) is 0 Å². The fraction of sp³-hybridized carbons (Fsp3) is 0.276. The molecule has 2 atom stereocenters. The number of rotatable bonds is 7. The van der Waals surface area contributed by atoms with Crippen LogP contribution in [0.4, 0.5) is 5.69 Å². The third kappa shape index (κ3) is 4.98. The molecule has 4 aromatic rings. The van der Waals surface area contributed by atoms with Crippen molar-refractivity contribution in [1.29, 1.82) is 0 Å². The van der Waals surface area contributed by atoms with E-state index < -0.39 is 0 Å². The van der Waals surface area contributed by atoms with Crippen LogP contribution in [0.5, 0.6) is 11.6 Å². The SMILES string of the molecule is C=CC(=O)Nc1cccc(Oc2ncnc3[nH]c(-c4ccc(CN5CC6CN(C)CC6C5)cc4)cc23)c1. The zero-order valence-electron chi connectivity index (χ0n) is 20.9. The minimum absolute atomic E-state index is 0.279. The molecule has 2 aromatic heterocycles. The third-order valence-electron chi connectivity index (χ3n) is 7.31. The number of hydrogen-bond acceptors (Lipinski definition) is 6. The van der Waals surface area contributed by atoms with Gasteiger partial charge in [0.15, 0.2) is 0 Å². The average Bonchev–Trinajstić information content (AvgIpc) is 3.58. The summed E-state index contributed by atoms with van der Waals surface area (Å²) in [6.45, 7) is 9.33. The summed E-state index contributed by atoms with van der Waals surface area (Å²) in [7, 11) is 2.23. The normalized spacial score (nSPS) is 19.7. The summed E-state index contributed by atoms with van der Waals surface area (Å²) in [6.07, 6.45) is 2.71. The Morgan fingerprint density at radius 3 is 2.65 bits per heavy atom. The Hall–Kier alpha value is -4.01. The number of nitrogens with zero attached hydrogens (tertiary/aromatic N) is 4. The highest BCUT2D eigenvalue weighted by Gasteiger charge is 2.38. The average molecular weight is 495 g/mol. The molecule has 2 aliphatic heterocycles. The van der Waals surface area contributed by atoms with Gasteiger partial charge in [-0.1, -0.05) is 36.9 Å². The predicted molar refractivity (Wildman–Crippen MR) is 144 cm³/mol. The maximum absolute atomic E-state index is 11.6. The predicted octanol–water partition coefficient (Wildman–Crippen LogP) is 4.54. The molecule has 6 rings (SSSR count). The first-order valence-corrected chi connectivity index (χ1v) is 12.6. The zero-order chi connectivity index (χ0) is 25.4. The van der Waals surface area contributed by atoms with E-state index in [-0.39, 0.29) is 5.91 Å². The number of carbonyl (C=O) groups excluding carboxylic acids is 1. The number of hydrogen-bond donors (Lipinski definition) is 2. The van der Waals surface area contributed by atoms with Gasteiger partial charge in [-0.25, -0.2) is 9.97 Å². The van der Waals surface area contributed by atoms with Gasteiger partial charge < -0.3 is 19.9 Å². The van der Waals surface area contributed by atoms with Gasteiger partial charge in [-0.2, -0.15) is 0 Å². The van der Waals surface area contributed by atoms with Crippen molar-refractivity contribution < 1.29 is 9.53 Å². The van der Waals surface area contributed by atoms with Crippen LogP contribution in [0.25, 0.3) is 22.3 Å². The van der Waals surface area contributed by atoms with E-state index in [4.69, 9.17) is 4.74 Å². The Kier molecular flexibility index (Phi) is 6.20. The van der Waals surface area contributed by atoms with E-state index in [1.807, 2.05) is 18.2 Å². The summed E-state index contributed by atoms with van der Waals surface area (Å²) in [5.41, 5.74) is 4.70. The van der Waals surface area contributed by atoms with Crippen LogP contribution < -0.4 is 10.1 Å². The molecular weight excluding hydrogens is 464 g/mol. The summed E-state index contributed by atoms with van der Waals surface area (Å²) in [6, 6.07) is 17.9. The van der Waals surface area contributed by atoms with Crippen molar-refractivity contribution in [3.8, 4) is 22.9 Å². The summed E-state index contributed by atoms with van der Waals surface area (Å²) in [5, 5.41) is 3.53. The second-order valence-electron chi connectivity index (χ2n) is 10.1. The molecule has 2 aliphatic rings. The topological polar surface area (TPSA) is 86.4 Å². The van der Waals surface area contributed by atoms with E-state index in [9.17, 15) is 4.79 Å². The summed E-state index contributed by atoms with van der Waals surface area (Å²) >= 11 is 0. The lowest BCUT2D eigenvalue weighted by Crippen LogP contribution is -2.26. The first-order valence-electron chi connectivity index (χ1n) is 12.6. The van der Waals surface area contributed by atoms with Gasteiger partial charge in [0.05, 0.1) is 5.39 Å². The van der Waals surface area contributed by atoms with Gasteiger partial charge in [-0.3, -0.25) is 9.69 Å². The van der Waals surface area contributed by atoms with E-state index in [1.54, 1.807) is 12.1 Å². The molecule has 188 valence electrons. The van der Waals surface area contributed by atoms with Crippen molar-refractivity contribution in [2.75, 3.05) is 38.5 Å². The van der Waals surface area contributed by atoms with Gasteiger partial charge in [-0.15, -0.1) is 0 Å². The molecule has 2 saturated heterocycles. The van der Waals surface area contributed by atoms with E-state index in [1.165, 1.54) is 44.1 Å². The molecule has 0 radical (unpaired) electrons. The van der Waals surface area contributed by atoms with Crippen LogP contribution in [0, 0.1) is 11.8 Å². The number of aromatic amines is 1. The molecule has 2 fully saturated rings. The molecule has 0 bridgehead atoms. The minimum Gasteiger partial charge on any atom is -0.438 e. The second kappa shape index (κ2) is 9.80. The maximum Gasteiger partial charge on any atom is 0.247 e. The standard InChI is InChI=1S/C29H30N6O2/c1-3-27(36)32-23-5-4-6-24(11-23)37-29-25-12-26(33-28(25)30-18-31-29)20-9-7-19(8-10-20)13-35-16-21-14-34(2)15-22(21)17-35/h3-12,18,21-22H,1,13-17H2,2H3,(H,32,36)(H,30,31,33).